The van der Waals surface area contributed by atoms with Crippen molar-refractivity contribution in [2.24, 2.45) is 11.5 Å². The highest BCUT2D eigenvalue weighted by Crippen LogP contribution is 1.78. The lowest BCUT2D eigenvalue weighted by molar-refractivity contribution is 1.34. The molecule has 0 aliphatic carbocycles. The van der Waals surface area contributed by atoms with E-state index in [0.29, 0.717) is 0 Å². The van der Waals surface area contributed by atoms with Gasteiger partial charge in [0.05, 0.1) is 0 Å². The molecule has 0 heterocycles. The van der Waals surface area contributed by atoms with Crippen molar-refractivity contribution in [1.82, 2.24) is 0 Å². The minimum atomic E-state index is 1.16. The van der Waals surface area contributed by atoms with Gasteiger partial charge in [0, 0.05) is 0 Å². The summed E-state index contributed by atoms with van der Waals surface area (Å²) in [4.78, 5) is 0. The molecule has 0 spiro atoms. The molecule has 0 aromatic heterocycles. The Bertz CT molecular complexity index is 71.9. The molecule has 0 amide bonds. The first-order valence-electron chi connectivity index (χ1n) is 4.36. The lowest BCUT2D eigenvalue weighted by Crippen LogP contribution is -1.76. The van der Waals surface area contributed by atoms with Crippen LogP contribution >= 0.6 is 0 Å². The molecule has 0 aliphatic heterocycles. The van der Waals surface area contributed by atoms with E-state index in [-0.39, 0.29) is 0 Å². The number of hydrogen-bond acceptors (Lipinski definition) is 2. The van der Waals surface area contributed by atoms with Crippen molar-refractivity contribution in [3.8, 4) is 0 Å². The SMILES string of the molecule is C=CN.CC.CC.CC(C)=CN. The van der Waals surface area contributed by atoms with Crippen molar-refractivity contribution in [1.29, 1.82) is 0 Å². The lowest BCUT2D eigenvalue weighted by Gasteiger charge is -1.74. The topological polar surface area (TPSA) is 52.0 Å². The molecule has 0 bridgehead atoms. The third kappa shape index (κ3) is 508. The van der Waals surface area contributed by atoms with Crippen molar-refractivity contribution in [2.45, 2.75) is 41.5 Å². The largest absolute Gasteiger partial charge is 0.405 e. The molecule has 12 heavy (non-hydrogen) atoms. The van der Waals surface area contributed by atoms with Crippen LogP contribution in [0.1, 0.15) is 41.5 Å². The van der Waals surface area contributed by atoms with Crippen LogP contribution in [0.2, 0.25) is 0 Å². The monoisotopic (exact) mass is 174 g/mol. The predicted molar refractivity (Wildman–Crippen MR) is 60.7 cm³/mol. The summed E-state index contributed by atoms with van der Waals surface area (Å²) in [6, 6.07) is 0. The van der Waals surface area contributed by atoms with Gasteiger partial charge >= 0.3 is 0 Å². The molecular formula is C10H26N2. The van der Waals surface area contributed by atoms with Gasteiger partial charge in [-0.2, -0.15) is 0 Å². The Morgan fingerprint density at radius 3 is 1.08 bits per heavy atom. The van der Waals surface area contributed by atoms with E-state index in [4.69, 9.17) is 5.73 Å². The first-order valence-corrected chi connectivity index (χ1v) is 4.36. The summed E-state index contributed by atoms with van der Waals surface area (Å²) in [5.74, 6) is 0. The average molecular weight is 174 g/mol. The predicted octanol–water partition coefficient (Wildman–Crippen LogP) is 3.01. The van der Waals surface area contributed by atoms with E-state index < -0.39 is 0 Å². The molecule has 0 aliphatic rings. The number of hydrogen-bond donors (Lipinski definition) is 2. The Kier molecular flexibility index (Phi) is 93.4. The van der Waals surface area contributed by atoms with Gasteiger partial charge in [-0.1, -0.05) is 39.8 Å². The van der Waals surface area contributed by atoms with Crippen LogP contribution in [0.15, 0.2) is 24.6 Å². The van der Waals surface area contributed by atoms with Crippen LogP contribution in [0.5, 0.6) is 0 Å². The highest BCUT2D eigenvalue weighted by atomic mass is 14.5. The Labute approximate surface area is 78.3 Å². The second-order valence-electron chi connectivity index (χ2n) is 1.48. The molecule has 0 aromatic carbocycles. The van der Waals surface area contributed by atoms with Gasteiger partial charge in [0.2, 0.25) is 0 Å². The maximum absolute atomic E-state index is 5.01. The minimum Gasteiger partial charge on any atom is -0.405 e. The molecule has 76 valence electrons. The summed E-state index contributed by atoms with van der Waals surface area (Å²) < 4.78 is 0. The van der Waals surface area contributed by atoms with Crippen molar-refractivity contribution in [3.05, 3.63) is 24.6 Å². The molecule has 0 radical (unpaired) electrons. The third-order valence-electron chi connectivity index (χ3n) is 0.333. The van der Waals surface area contributed by atoms with Crippen LogP contribution in [0.4, 0.5) is 0 Å². The molecule has 0 rings (SSSR count). The standard InChI is InChI=1S/C4H9N.C2H5N.2C2H6/c1-4(2)3-5;1-2-3;2*1-2/h3H,5H2,1-2H3;2H,1,3H2;2*1-2H3. The summed E-state index contributed by atoms with van der Waals surface area (Å²) >= 11 is 0. The van der Waals surface area contributed by atoms with Gasteiger partial charge in [-0.15, -0.1) is 0 Å². The average Bonchev–Trinajstić information content (AvgIpc) is 2.13. The quantitative estimate of drug-likeness (QED) is 0.593. The Morgan fingerprint density at radius 2 is 1.08 bits per heavy atom. The maximum Gasteiger partial charge on any atom is -0.00761 e. The van der Waals surface area contributed by atoms with Gasteiger partial charge in [-0.3, -0.25) is 0 Å². The minimum absolute atomic E-state index is 1.16. The van der Waals surface area contributed by atoms with Crippen molar-refractivity contribution >= 4 is 0 Å². The van der Waals surface area contributed by atoms with E-state index in [0.717, 1.165) is 5.57 Å². The molecule has 0 aromatic rings. The van der Waals surface area contributed by atoms with E-state index in [2.05, 4.69) is 12.3 Å². The Balaban J connectivity index is -0.0000000397. The van der Waals surface area contributed by atoms with Gasteiger partial charge in [0.25, 0.3) is 0 Å². The zero-order valence-corrected chi connectivity index (χ0v) is 9.52. The van der Waals surface area contributed by atoms with Crippen LogP contribution in [0, 0.1) is 0 Å². The van der Waals surface area contributed by atoms with Crippen LogP contribution in [0.3, 0.4) is 0 Å². The number of allylic oxidation sites excluding steroid dienone is 1. The second kappa shape index (κ2) is 49.9. The summed E-state index contributed by atoms with van der Waals surface area (Å²) in [5, 5.41) is 0. The zero-order chi connectivity index (χ0) is 11.0. The van der Waals surface area contributed by atoms with E-state index in [1.54, 1.807) is 6.20 Å². The van der Waals surface area contributed by atoms with Crippen molar-refractivity contribution in [3.63, 3.8) is 0 Å². The fourth-order valence-corrected chi connectivity index (χ4v) is 0. The smallest absolute Gasteiger partial charge is 0.00761 e. The second-order valence-corrected chi connectivity index (χ2v) is 1.48. The van der Waals surface area contributed by atoms with Crippen molar-refractivity contribution < 1.29 is 0 Å². The van der Waals surface area contributed by atoms with Gasteiger partial charge < -0.3 is 11.5 Å². The molecule has 0 unspecified atom stereocenters. The van der Waals surface area contributed by atoms with E-state index in [1.807, 2.05) is 41.5 Å². The molecular weight excluding hydrogens is 148 g/mol. The van der Waals surface area contributed by atoms with E-state index in [1.165, 1.54) is 6.20 Å². The van der Waals surface area contributed by atoms with Gasteiger partial charge in [0.1, 0.15) is 0 Å². The van der Waals surface area contributed by atoms with Crippen molar-refractivity contribution in [2.75, 3.05) is 0 Å². The van der Waals surface area contributed by atoms with E-state index in [9.17, 15) is 0 Å². The van der Waals surface area contributed by atoms with Crippen LogP contribution in [-0.2, 0) is 0 Å². The molecule has 0 saturated heterocycles. The van der Waals surface area contributed by atoms with Crippen LogP contribution in [-0.4, -0.2) is 0 Å². The highest BCUT2D eigenvalue weighted by molar-refractivity contribution is 4.87. The molecule has 0 fully saturated rings. The lowest BCUT2D eigenvalue weighted by atomic mass is 10.4. The third-order valence-corrected chi connectivity index (χ3v) is 0.333. The number of nitrogens with two attached hydrogens (primary N) is 2. The molecule has 2 nitrogen and oxygen atoms in total. The van der Waals surface area contributed by atoms with Crippen LogP contribution in [0.25, 0.3) is 0 Å². The van der Waals surface area contributed by atoms with E-state index >= 15 is 0 Å². The fraction of sp³-hybridized carbons (Fsp3) is 0.600. The zero-order valence-electron chi connectivity index (χ0n) is 9.52. The van der Waals surface area contributed by atoms with Gasteiger partial charge in [-0.25, -0.2) is 0 Å². The molecule has 4 N–H and O–H groups in total. The Hall–Kier alpha value is -0.920. The normalized spacial score (nSPS) is 4.83. The molecule has 0 saturated carbocycles. The molecule has 0 atom stereocenters. The summed E-state index contributed by atoms with van der Waals surface area (Å²) in [6.45, 7) is 15.1. The molecule has 2 heteroatoms. The maximum atomic E-state index is 5.01. The van der Waals surface area contributed by atoms with Gasteiger partial charge in [-0.05, 0) is 26.2 Å². The first-order chi connectivity index (χ1) is 5.68. The fourth-order valence-electron chi connectivity index (χ4n) is 0. The number of rotatable bonds is 0. The Morgan fingerprint density at radius 1 is 1.00 bits per heavy atom. The summed E-state index contributed by atoms with van der Waals surface area (Å²) in [7, 11) is 0. The highest BCUT2D eigenvalue weighted by Gasteiger charge is 1.61. The first kappa shape index (κ1) is 22.5. The summed E-state index contributed by atoms with van der Waals surface area (Å²) in [5.41, 5.74) is 10.8. The van der Waals surface area contributed by atoms with Gasteiger partial charge in [0.15, 0.2) is 0 Å². The summed E-state index contributed by atoms with van der Waals surface area (Å²) in [6.07, 6.45) is 2.83. The van der Waals surface area contributed by atoms with Crippen LogP contribution < -0.4 is 11.5 Å².